The van der Waals surface area contributed by atoms with Gasteiger partial charge in [-0.3, -0.25) is 4.79 Å². The lowest BCUT2D eigenvalue weighted by Crippen LogP contribution is -2.27. The maximum absolute atomic E-state index is 12.3. The Morgan fingerprint density at radius 3 is 2.75 bits per heavy atom. The zero-order valence-electron chi connectivity index (χ0n) is 10.7. The fraction of sp³-hybridized carbons (Fsp3) is 0.400. The molecule has 20 heavy (non-hydrogen) atoms. The number of halogens is 2. The van der Waals surface area contributed by atoms with Crippen molar-refractivity contribution in [3.05, 3.63) is 39.4 Å². The molecule has 1 N–H and O–H groups in total. The van der Waals surface area contributed by atoms with Crippen LogP contribution < -0.4 is 5.43 Å². The van der Waals surface area contributed by atoms with E-state index in [4.69, 9.17) is 0 Å². The minimum Gasteiger partial charge on any atom is -0.503 e. The molecule has 106 valence electrons. The van der Waals surface area contributed by atoms with E-state index < -0.39 is 0 Å². The van der Waals surface area contributed by atoms with Crippen LogP contribution >= 0.6 is 43.2 Å². The first-order valence-electron chi connectivity index (χ1n) is 6.62. The van der Waals surface area contributed by atoms with Gasteiger partial charge in [0.05, 0.1) is 4.88 Å². The second-order valence-electron chi connectivity index (χ2n) is 5.14. The molecule has 1 saturated carbocycles. The van der Waals surface area contributed by atoms with Crippen molar-refractivity contribution in [2.45, 2.75) is 34.8 Å². The van der Waals surface area contributed by atoms with Gasteiger partial charge in [0, 0.05) is 25.7 Å². The van der Waals surface area contributed by atoms with Crippen molar-refractivity contribution < 1.29 is 5.11 Å². The first-order valence-corrected chi connectivity index (χ1v) is 9.27. The Labute approximate surface area is 138 Å². The normalized spacial score (nSPS) is 26.8. The van der Waals surface area contributed by atoms with Crippen molar-refractivity contribution in [2.75, 3.05) is 0 Å². The Morgan fingerprint density at radius 2 is 1.95 bits per heavy atom. The molecule has 3 atom stereocenters. The van der Waals surface area contributed by atoms with Gasteiger partial charge in [0.1, 0.15) is 0 Å². The van der Waals surface area contributed by atoms with Gasteiger partial charge >= 0.3 is 0 Å². The summed E-state index contributed by atoms with van der Waals surface area (Å²) in [5, 5.41) is 10.9. The van der Waals surface area contributed by atoms with E-state index in [1.54, 1.807) is 6.07 Å². The van der Waals surface area contributed by atoms with Crippen molar-refractivity contribution in [1.82, 2.24) is 0 Å². The third-order valence-electron chi connectivity index (χ3n) is 3.86. The van der Waals surface area contributed by atoms with E-state index in [1.165, 1.54) is 11.3 Å². The Hall–Kier alpha value is -0.390. The molecule has 1 aliphatic rings. The van der Waals surface area contributed by atoms with Crippen LogP contribution in [0.5, 0.6) is 5.75 Å². The molecule has 1 aliphatic carbocycles. The minimum atomic E-state index is -0.245. The lowest BCUT2D eigenvalue weighted by atomic mass is 9.87. The van der Waals surface area contributed by atoms with E-state index in [0.717, 1.165) is 28.8 Å². The average molecular weight is 418 g/mol. The highest BCUT2D eigenvalue weighted by atomic mass is 79.9. The number of fused-ring (bicyclic) bond motifs is 1. The Bertz CT molecular complexity index is 698. The summed E-state index contributed by atoms with van der Waals surface area (Å²) < 4.78 is 0.946. The van der Waals surface area contributed by atoms with Crippen molar-refractivity contribution >= 4 is 53.3 Å². The molecule has 0 bridgehead atoms. The summed E-state index contributed by atoms with van der Waals surface area (Å²) in [4.78, 5) is 13.8. The van der Waals surface area contributed by atoms with Gasteiger partial charge in [0.15, 0.2) is 5.75 Å². The second kappa shape index (κ2) is 5.78. The standard InChI is InChI=1S/C15H14Br2O2S/c16-10-6-3-5-9(12(10)17)15-14(19)13(18)8-4-1-2-7-11(8)20-15/h1-2,4,7,9-10,12,19H,3,5-6H2. The smallest absolute Gasteiger partial charge is 0.229 e. The van der Waals surface area contributed by atoms with Gasteiger partial charge in [-0.25, -0.2) is 0 Å². The highest BCUT2D eigenvalue weighted by molar-refractivity contribution is 9.12. The van der Waals surface area contributed by atoms with Crippen LogP contribution in [0.2, 0.25) is 0 Å². The molecular weight excluding hydrogens is 404 g/mol. The van der Waals surface area contributed by atoms with Crippen molar-refractivity contribution in [1.29, 1.82) is 0 Å². The summed E-state index contributed by atoms with van der Waals surface area (Å²) in [5.41, 5.74) is -0.245. The molecule has 0 radical (unpaired) electrons. The Kier molecular flexibility index (Phi) is 4.20. The molecule has 0 spiro atoms. The molecule has 0 saturated heterocycles. The van der Waals surface area contributed by atoms with E-state index >= 15 is 0 Å². The second-order valence-corrected chi connectivity index (χ2v) is 8.46. The molecule has 1 fully saturated rings. The van der Waals surface area contributed by atoms with Crippen LogP contribution in [0, 0.1) is 0 Å². The fourth-order valence-corrected chi connectivity index (χ4v) is 5.70. The molecule has 0 aliphatic heterocycles. The summed E-state index contributed by atoms with van der Waals surface area (Å²) >= 11 is 8.95. The SMILES string of the molecule is O=c1c(O)c(C2CCCC(Br)C2Br)sc2ccccc12. The predicted molar refractivity (Wildman–Crippen MR) is 91.8 cm³/mol. The van der Waals surface area contributed by atoms with Gasteiger partial charge < -0.3 is 5.11 Å². The molecule has 3 unspecified atom stereocenters. The van der Waals surface area contributed by atoms with Crippen LogP contribution in [0.3, 0.4) is 0 Å². The summed E-state index contributed by atoms with van der Waals surface area (Å²) in [6.07, 6.45) is 3.23. The fourth-order valence-electron chi connectivity index (χ4n) is 2.78. The van der Waals surface area contributed by atoms with E-state index in [-0.39, 0.29) is 21.9 Å². The molecular formula is C15H14Br2O2S. The zero-order chi connectivity index (χ0) is 14.3. The van der Waals surface area contributed by atoms with E-state index in [1.807, 2.05) is 18.2 Å². The number of benzene rings is 1. The van der Waals surface area contributed by atoms with Crippen LogP contribution in [0.15, 0.2) is 29.1 Å². The molecule has 1 aromatic carbocycles. The van der Waals surface area contributed by atoms with Gasteiger partial charge in [-0.15, -0.1) is 11.3 Å². The molecule has 1 heterocycles. The van der Waals surface area contributed by atoms with Crippen molar-refractivity contribution in [3.63, 3.8) is 0 Å². The lowest BCUT2D eigenvalue weighted by molar-refractivity contribution is 0.434. The van der Waals surface area contributed by atoms with Crippen LogP contribution in [-0.2, 0) is 0 Å². The van der Waals surface area contributed by atoms with Crippen LogP contribution in [0.1, 0.15) is 30.1 Å². The van der Waals surface area contributed by atoms with Crippen molar-refractivity contribution in [2.24, 2.45) is 0 Å². The summed E-state index contributed by atoms with van der Waals surface area (Å²) in [5.74, 6) is 0.125. The average Bonchev–Trinajstić information content (AvgIpc) is 2.46. The van der Waals surface area contributed by atoms with Gasteiger partial charge in [-0.1, -0.05) is 50.4 Å². The summed E-state index contributed by atoms with van der Waals surface area (Å²) in [7, 11) is 0. The van der Waals surface area contributed by atoms with E-state index in [2.05, 4.69) is 31.9 Å². The highest BCUT2D eigenvalue weighted by Crippen LogP contribution is 2.45. The van der Waals surface area contributed by atoms with E-state index in [9.17, 15) is 9.90 Å². The number of rotatable bonds is 1. The van der Waals surface area contributed by atoms with Crippen molar-refractivity contribution in [3.8, 4) is 5.75 Å². The number of hydrogen-bond donors (Lipinski definition) is 1. The van der Waals surface area contributed by atoms with Crippen LogP contribution in [-0.4, -0.2) is 14.8 Å². The van der Waals surface area contributed by atoms with Gasteiger partial charge in [-0.05, 0) is 25.0 Å². The van der Waals surface area contributed by atoms with Gasteiger partial charge in [0.2, 0.25) is 5.43 Å². The quantitative estimate of drug-likeness (QED) is 0.679. The van der Waals surface area contributed by atoms with E-state index in [0.29, 0.717) is 10.2 Å². The third kappa shape index (κ3) is 2.44. The largest absolute Gasteiger partial charge is 0.503 e. The molecule has 5 heteroatoms. The molecule has 1 aromatic heterocycles. The third-order valence-corrected chi connectivity index (χ3v) is 8.17. The molecule has 2 nitrogen and oxygen atoms in total. The first kappa shape index (κ1) is 14.5. The minimum absolute atomic E-state index is 0.0650. The molecule has 2 aromatic rings. The topological polar surface area (TPSA) is 37.3 Å². The highest BCUT2D eigenvalue weighted by Gasteiger charge is 2.33. The first-order chi connectivity index (χ1) is 9.59. The number of hydrogen-bond acceptors (Lipinski definition) is 3. The lowest BCUT2D eigenvalue weighted by Gasteiger charge is -2.31. The Morgan fingerprint density at radius 1 is 1.20 bits per heavy atom. The molecule has 0 amide bonds. The van der Waals surface area contributed by atoms with Crippen LogP contribution in [0.4, 0.5) is 0 Å². The molecule has 3 rings (SSSR count). The Balaban J connectivity index is 2.16. The summed E-state index contributed by atoms with van der Waals surface area (Å²) in [6.45, 7) is 0. The maximum Gasteiger partial charge on any atom is 0.229 e. The predicted octanol–water partition coefficient (Wildman–Crippen LogP) is 4.76. The van der Waals surface area contributed by atoms with Gasteiger partial charge in [-0.2, -0.15) is 0 Å². The summed E-state index contributed by atoms with van der Waals surface area (Å²) in [6, 6.07) is 7.48. The van der Waals surface area contributed by atoms with Crippen LogP contribution in [0.25, 0.3) is 10.1 Å². The zero-order valence-corrected chi connectivity index (χ0v) is 14.7. The number of alkyl halides is 2. The number of aromatic hydroxyl groups is 1. The monoisotopic (exact) mass is 416 g/mol. The van der Waals surface area contributed by atoms with Gasteiger partial charge in [0.25, 0.3) is 0 Å². The maximum atomic E-state index is 12.3.